The third-order valence-electron chi connectivity index (χ3n) is 4.79. The molecule has 0 atom stereocenters. The quantitative estimate of drug-likeness (QED) is 0.427. The van der Waals surface area contributed by atoms with Crippen molar-refractivity contribution < 1.29 is 14.3 Å². The predicted molar refractivity (Wildman–Crippen MR) is 123 cm³/mol. The third kappa shape index (κ3) is 6.79. The summed E-state index contributed by atoms with van der Waals surface area (Å²) in [5, 5.41) is 4.29. The number of nitrogens with one attached hydrogen (secondary N) is 1. The smallest absolute Gasteiger partial charge is 0.260 e. The second-order valence-corrected chi connectivity index (χ2v) is 7.25. The lowest BCUT2D eigenvalue weighted by Crippen LogP contribution is -2.36. The predicted octanol–water partition coefficient (Wildman–Crippen LogP) is 4.79. The average molecular weight is 412 g/mol. The molecule has 0 heterocycles. The fraction of sp³-hybridized carbons (Fsp3) is 0.417. The summed E-state index contributed by atoms with van der Waals surface area (Å²) in [6.45, 7) is 9.77. The standard InChI is InChI=1S/C24H33N3O3/c1-6-12-27(13-7-2)24(28)17-30-22-11-9-20(15-23(22)29-5)16-25-26-21-10-8-18(3)19(4)14-21/h8-11,14-16,26H,6-7,12-13,17H2,1-5H3. The van der Waals surface area contributed by atoms with Crippen LogP contribution in [-0.4, -0.2) is 43.8 Å². The van der Waals surface area contributed by atoms with Crippen molar-refractivity contribution >= 4 is 17.8 Å². The van der Waals surface area contributed by atoms with E-state index in [4.69, 9.17) is 9.47 Å². The zero-order chi connectivity index (χ0) is 21.9. The minimum absolute atomic E-state index is 0.00186. The minimum Gasteiger partial charge on any atom is -0.493 e. The Balaban J connectivity index is 1.99. The molecule has 0 saturated carbocycles. The first kappa shape index (κ1) is 23.3. The van der Waals surface area contributed by atoms with Crippen LogP contribution < -0.4 is 14.9 Å². The van der Waals surface area contributed by atoms with Gasteiger partial charge in [0, 0.05) is 13.1 Å². The Kier molecular flexibility index (Phi) is 9.19. The van der Waals surface area contributed by atoms with Gasteiger partial charge in [-0.25, -0.2) is 0 Å². The first-order valence-corrected chi connectivity index (χ1v) is 10.4. The van der Waals surface area contributed by atoms with Gasteiger partial charge in [0.25, 0.3) is 5.91 Å². The number of rotatable bonds is 11. The number of methoxy groups -OCH3 is 1. The van der Waals surface area contributed by atoms with Crippen molar-refractivity contribution in [3.8, 4) is 11.5 Å². The summed E-state index contributed by atoms with van der Waals surface area (Å²) in [5.74, 6) is 1.09. The zero-order valence-electron chi connectivity index (χ0n) is 18.7. The van der Waals surface area contributed by atoms with Gasteiger partial charge < -0.3 is 14.4 Å². The van der Waals surface area contributed by atoms with Crippen LogP contribution in [0.3, 0.4) is 0 Å². The maximum Gasteiger partial charge on any atom is 0.260 e. The molecule has 0 fully saturated rings. The van der Waals surface area contributed by atoms with E-state index in [0.29, 0.717) is 11.5 Å². The van der Waals surface area contributed by atoms with Gasteiger partial charge in [-0.15, -0.1) is 0 Å². The highest BCUT2D eigenvalue weighted by atomic mass is 16.5. The lowest BCUT2D eigenvalue weighted by atomic mass is 10.1. The van der Waals surface area contributed by atoms with E-state index in [9.17, 15) is 4.79 Å². The van der Waals surface area contributed by atoms with Crippen LogP contribution in [0.5, 0.6) is 11.5 Å². The van der Waals surface area contributed by atoms with E-state index in [1.165, 1.54) is 11.1 Å². The molecule has 0 bridgehead atoms. The number of anilines is 1. The largest absolute Gasteiger partial charge is 0.493 e. The Labute approximate surface area is 179 Å². The molecule has 2 rings (SSSR count). The monoisotopic (exact) mass is 411 g/mol. The first-order chi connectivity index (χ1) is 14.5. The van der Waals surface area contributed by atoms with Crippen LogP contribution in [0.4, 0.5) is 5.69 Å². The number of hydrogen-bond donors (Lipinski definition) is 1. The summed E-state index contributed by atoms with van der Waals surface area (Å²) in [5.41, 5.74) is 7.29. The molecule has 30 heavy (non-hydrogen) atoms. The van der Waals surface area contributed by atoms with Gasteiger partial charge >= 0.3 is 0 Å². The Bertz CT molecular complexity index is 859. The van der Waals surface area contributed by atoms with Crippen LogP contribution in [0.15, 0.2) is 41.5 Å². The van der Waals surface area contributed by atoms with Crippen LogP contribution in [0.25, 0.3) is 0 Å². The Morgan fingerprint density at radius 2 is 1.77 bits per heavy atom. The Morgan fingerprint density at radius 1 is 1.03 bits per heavy atom. The zero-order valence-corrected chi connectivity index (χ0v) is 18.7. The van der Waals surface area contributed by atoms with Crippen molar-refractivity contribution in [2.24, 2.45) is 5.10 Å². The molecule has 1 amide bonds. The fourth-order valence-electron chi connectivity index (χ4n) is 3.01. The highest BCUT2D eigenvalue weighted by Gasteiger charge is 2.14. The maximum absolute atomic E-state index is 12.4. The van der Waals surface area contributed by atoms with Gasteiger partial charge in [-0.2, -0.15) is 5.10 Å². The van der Waals surface area contributed by atoms with Crippen LogP contribution >= 0.6 is 0 Å². The van der Waals surface area contributed by atoms with E-state index in [0.717, 1.165) is 37.2 Å². The second-order valence-electron chi connectivity index (χ2n) is 7.25. The van der Waals surface area contributed by atoms with Gasteiger partial charge in [-0.3, -0.25) is 10.2 Å². The van der Waals surface area contributed by atoms with Gasteiger partial charge in [-0.05, 0) is 73.7 Å². The molecule has 6 nitrogen and oxygen atoms in total. The topological polar surface area (TPSA) is 63.2 Å². The van der Waals surface area contributed by atoms with E-state index in [2.05, 4.69) is 50.4 Å². The molecule has 0 aliphatic carbocycles. The molecule has 2 aromatic carbocycles. The van der Waals surface area contributed by atoms with Crippen molar-refractivity contribution in [3.05, 3.63) is 53.1 Å². The van der Waals surface area contributed by atoms with Crippen LogP contribution in [-0.2, 0) is 4.79 Å². The van der Waals surface area contributed by atoms with Gasteiger partial charge in [-0.1, -0.05) is 19.9 Å². The molecule has 162 valence electrons. The number of benzene rings is 2. The van der Waals surface area contributed by atoms with Gasteiger partial charge in [0.1, 0.15) is 0 Å². The van der Waals surface area contributed by atoms with E-state index >= 15 is 0 Å². The van der Waals surface area contributed by atoms with E-state index in [1.807, 2.05) is 23.1 Å². The number of carbonyl (C=O) groups is 1. The number of amides is 1. The highest BCUT2D eigenvalue weighted by molar-refractivity contribution is 5.82. The third-order valence-corrected chi connectivity index (χ3v) is 4.79. The summed E-state index contributed by atoms with van der Waals surface area (Å²) in [6, 6.07) is 11.6. The molecule has 0 saturated heterocycles. The van der Waals surface area contributed by atoms with Gasteiger partial charge in [0.05, 0.1) is 19.0 Å². The molecule has 0 spiro atoms. The summed E-state index contributed by atoms with van der Waals surface area (Å²) in [4.78, 5) is 14.3. The molecule has 0 unspecified atom stereocenters. The van der Waals surface area contributed by atoms with Crippen LogP contribution in [0.1, 0.15) is 43.4 Å². The molecule has 0 radical (unpaired) electrons. The Hall–Kier alpha value is -3.02. The molecule has 0 aromatic heterocycles. The Morgan fingerprint density at radius 3 is 2.40 bits per heavy atom. The van der Waals surface area contributed by atoms with Crippen molar-refractivity contribution in [3.63, 3.8) is 0 Å². The van der Waals surface area contributed by atoms with Crippen LogP contribution in [0, 0.1) is 13.8 Å². The molecule has 2 aromatic rings. The molecule has 1 N–H and O–H groups in total. The van der Waals surface area contributed by atoms with Gasteiger partial charge in [0.15, 0.2) is 18.1 Å². The lowest BCUT2D eigenvalue weighted by molar-refractivity contribution is -0.133. The number of ether oxygens (including phenoxy) is 2. The van der Waals surface area contributed by atoms with E-state index < -0.39 is 0 Å². The first-order valence-electron chi connectivity index (χ1n) is 10.4. The number of carbonyl (C=O) groups excluding carboxylic acids is 1. The fourth-order valence-corrected chi connectivity index (χ4v) is 3.01. The van der Waals surface area contributed by atoms with Crippen molar-refractivity contribution in [1.29, 1.82) is 0 Å². The second kappa shape index (κ2) is 11.9. The van der Waals surface area contributed by atoms with Gasteiger partial charge in [0.2, 0.25) is 0 Å². The maximum atomic E-state index is 12.4. The lowest BCUT2D eigenvalue weighted by Gasteiger charge is -2.21. The van der Waals surface area contributed by atoms with E-state index in [1.54, 1.807) is 19.4 Å². The number of aryl methyl sites for hydroxylation is 2. The summed E-state index contributed by atoms with van der Waals surface area (Å²) in [7, 11) is 1.58. The molecular weight excluding hydrogens is 378 g/mol. The summed E-state index contributed by atoms with van der Waals surface area (Å²) in [6.07, 6.45) is 3.58. The summed E-state index contributed by atoms with van der Waals surface area (Å²) >= 11 is 0. The summed E-state index contributed by atoms with van der Waals surface area (Å²) < 4.78 is 11.2. The molecular formula is C24H33N3O3. The number of hydrazone groups is 1. The van der Waals surface area contributed by atoms with Crippen molar-refractivity contribution in [1.82, 2.24) is 4.90 Å². The van der Waals surface area contributed by atoms with Crippen molar-refractivity contribution in [2.75, 3.05) is 32.2 Å². The van der Waals surface area contributed by atoms with Crippen LogP contribution in [0.2, 0.25) is 0 Å². The number of nitrogens with zero attached hydrogens (tertiary/aromatic N) is 2. The SMILES string of the molecule is CCCN(CCC)C(=O)COc1ccc(C=NNc2ccc(C)c(C)c2)cc1OC. The normalized spacial score (nSPS) is 10.8. The molecule has 0 aliphatic heterocycles. The van der Waals surface area contributed by atoms with E-state index in [-0.39, 0.29) is 12.5 Å². The minimum atomic E-state index is -0.0102. The van der Waals surface area contributed by atoms with Crippen molar-refractivity contribution in [2.45, 2.75) is 40.5 Å². The molecule has 6 heteroatoms. The average Bonchev–Trinajstić information content (AvgIpc) is 2.74. The molecule has 0 aliphatic rings. The number of hydrogen-bond acceptors (Lipinski definition) is 5. The highest BCUT2D eigenvalue weighted by Crippen LogP contribution is 2.27.